The molecule has 0 fully saturated rings. The van der Waals surface area contributed by atoms with E-state index in [1.165, 1.54) is 23.1 Å². The Morgan fingerprint density at radius 3 is 2.52 bits per heavy atom. The molecule has 2 aromatic carbocycles. The van der Waals surface area contributed by atoms with Crippen LogP contribution in [0.3, 0.4) is 0 Å². The van der Waals surface area contributed by atoms with E-state index in [4.69, 9.17) is 5.73 Å². The second-order valence-corrected chi connectivity index (χ2v) is 8.47. The van der Waals surface area contributed by atoms with Crippen LogP contribution >= 0.6 is 23.1 Å². The van der Waals surface area contributed by atoms with Gasteiger partial charge in [0.2, 0.25) is 11.8 Å². The zero-order chi connectivity index (χ0) is 21.6. The van der Waals surface area contributed by atoms with Gasteiger partial charge in [-0.1, -0.05) is 66.4 Å². The number of amides is 2. The normalized spacial score (nSPS) is 10.7. The Morgan fingerprint density at radius 2 is 1.77 bits per heavy atom. The third-order valence-electron chi connectivity index (χ3n) is 4.39. The molecule has 4 rings (SSSR count). The number of primary amides is 1. The molecule has 156 valence electrons. The lowest BCUT2D eigenvalue weighted by Crippen LogP contribution is -2.20. The van der Waals surface area contributed by atoms with Gasteiger partial charge in [-0.25, -0.2) is 0 Å². The maximum Gasteiger partial charge on any atom is 0.237 e. The van der Waals surface area contributed by atoms with Crippen molar-refractivity contribution >= 4 is 40.6 Å². The Bertz CT molecular complexity index is 1190. The van der Waals surface area contributed by atoms with E-state index in [1.807, 2.05) is 72.1 Å². The molecule has 0 aliphatic heterocycles. The molecule has 0 aliphatic rings. The minimum atomic E-state index is -0.499. The first-order valence-electron chi connectivity index (χ1n) is 9.44. The van der Waals surface area contributed by atoms with Gasteiger partial charge in [0.15, 0.2) is 11.0 Å². The Balaban J connectivity index is 1.49. The molecule has 0 saturated heterocycles. The summed E-state index contributed by atoms with van der Waals surface area (Å²) in [7, 11) is 0. The average molecular weight is 450 g/mol. The molecule has 2 aromatic heterocycles. The van der Waals surface area contributed by atoms with Gasteiger partial charge in [-0.15, -0.1) is 21.5 Å². The predicted molar refractivity (Wildman–Crippen MR) is 124 cm³/mol. The van der Waals surface area contributed by atoms with Crippen LogP contribution in [-0.2, 0) is 16.1 Å². The summed E-state index contributed by atoms with van der Waals surface area (Å²) in [5.41, 5.74) is 8.10. The highest BCUT2D eigenvalue weighted by molar-refractivity contribution is 7.99. The average Bonchev–Trinajstić information content (AvgIpc) is 3.43. The van der Waals surface area contributed by atoms with E-state index < -0.39 is 5.91 Å². The summed E-state index contributed by atoms with van der Waals surface area (Å²) < 4.78 is 1.64. The SMILES string of the molecule is NC(=O)Cn1c(SCC(=O)Nc2ccccc2-c2ccccc2)nnc1-c1cccs1. The topological polar surface area (TPSA) is 103 Å². The third-order valence-corrected chi connectivity index (χ3v) is 6.22. The van der Waals surface area contributed by atoms with Gasteiger partial charge in [0.05, 0.1) is 10.6 Å². The summed E-state index contributed by atoms with van der Waals surface area (Å²) in [6, 6.07) is 21.3. The minimum absolute atomic E-state index is 0.0545. The summed E-state index contributed by atoms with van der Waals surface area (Å²) in [5, 5.41) is 13.7. The zero-order valence-electron chi connectivity index (χ0n) is 16.4. The maximum atomic E-state index is 12.7. The molecule has 3 N–H and O–H groups in total. The predicted octanol–water partition coefficient (Wildman–Crippen LogP) is 3.89. The second-order valence-electron chi connectivity index (χ2n) is 6.58. The largest absolute Gasteiger partial charge is 0.368 e. The van der Waals surface area contributed by atoms with Crippen LogP contribution in [0.2, 0.25) is 0 Å². The highest BCUT2D eigenvalue weighted by Crippen LogP contribution is 2.29. The molecule has 0 saturated carbocycles. The van der Waals surface area contributed by atoms with Crippen LogP contribution in [0, 0.1) is 0 Å². The van der Waals surface area contributed by atoms with Gasteiger partial charge in [-0.3, -0.25) is 14.2 Å². The van der Waals surface area contributed by atoms with Crippen molar-refractivity contribution in [1.29, 1.82) is 0 Å². The first kappa shape index (κ1) is 20.8. The number of hydrogen-bond acceptors (Lipinski definition) is 6. The molecular formula is C22H19N5O2S2. The van der Waals surface area contributed by atoms with Crippen LogP contribution in [-0.4, -0.2) is 32.3 Å². The van der Waals surface area contributed by atoms with Crippen molar-refractivity contribution in [2.75, 3.05) is 11.1 Å². The molecule has 0 aliphatic carbocycles. The lowest BCUT2D eigenvalue weighted by molar-refractivity contribution is -0.118. The van der Waals surface area contributed by atoms with E-state index >= 15 is 0 Å². The number of nitrogens with one attached hydrogen (secondary N) is 1. The number of thioether (sulfide) groups is 1. The monoisotopic (exact) mass is 449 g/mol. The molecule has 0 atom stereocenters. The van der Waals surface area contributed by atoms with Gasteiger partial charge < -0.3 is 11.1 Å². The van der Waals surface area contributed by atoms with Gasteiger partial charge in [0, 0.05) is 11.3 Å². The molecule has 9 heteroatoms. The fourth-order valence-corrected chi connectivity index (χ4v) is 4.51. The molecular weight excluding hydrogens is 430 g/mol. The van der Waals surface area contributed by atoms with E-state index in [9.17, 15) is 9.59 Å². The van der Waals surface area contributed by atoms with Crippen molar-refractivity contribution in [3.05, 3.63) is 72.1 Å². The lowest BCUT2D eigenvalue weighted by atomic mass is 10.0. The number of para-hydroxylation sites is 1. The van der Waals surface area contributed by atoms with Crippen LogP contribution in [0.4, 0.5) is 5.69 Å². The Kier molecular flexibility index (Phi) is 6.44. The molecule has 7 nitrogen and oxygen atoms in total. The number of carbonyl (C=O) groups is 2. The molecule has 0 unspecified atom stereocenters. The number of anilines is 1. The standard InChI is InChI=1S/C22H19N5O2S2/c23-19(28)13-27-21(18-11-6-12-30-18)25-26-22(27)31-14-20(29)24-17-10-5-4-9-16(17)15-7-2-1-3-8-15/h1-12H,13-14H2,(H2,23,28)(H,24,29). The van der Waals surface area contributed by atoms with E-state index in [0.717, 1.165) is 21.7 Å². The summed E-state index contributed by atoms with van der Waals surface area (Å²) in [6.45, 7) is -0.0545. The number of benzene rings is 2. The molecule has 2 amide bonds. The van der Waals surface area contributed by atoms with Crippen molar-refractivity contribution in [1.82, 2.24) is 14.8 Å². The number of thiophene rings is 1. The molecule has 0 radical (unpaired) electrons. The van der Waals surface area contributed by atoms with Crippen molar-refractivity contribution in [2.24, 2.45) is 5.73 Å². The van der Waals surface area contributed by atoms with E-state index in [0.29, 0.717) is 11.0 Å². The van der Waals surface area contributed by atoms with Crippen molar-refractivity contribution in [2.45, 2.75) is 11.7 Å². The van der Waals surface area contributed by atoms with E-state index in [2.05, 4.69) is 15.5 Å². The molecule has 0 spiro atoms. The third kappa shape index (κ3) is 5.01. The first-order chi connectivity index (χ1) is 15.1. The fourth-order valence-electron chi connectivity index (χ4n) is 3.06. The van der Waals surface area contributed by atoms with Gasteiger partial charge in [0.25, 0.3) is 0 Å². The summed E-state index contributed by atoms with van der Waals surface area (Å²) >= 11 is 2.70. The molecule has 0 bridgehead atoms. The minimum Gasteiger partial charge on any atom is -0.368 e. The van der Waals surface area contributed by atoms with E-state index in [1.54, 1.807) is 4.57 Å². The van der Waals surface area contributed by atoms with Crippen molar-refractivity contribution < 1.29 is 9.59 Å². The first-order valence-corrected chi connectivity index (χ1v) is 11.3. The Morgan fingerprint density at radius 1 is 1.00 bits per heavy atom. The maximum absolute atomic E-state index is 12.7. The molecule has 4 aromatic rings. The van der Waals surface area contributed by atoms with Crippen molar-refractivity contribution in [3.8, 4) is 21.8 Å². The smallest absolute Gasteiger partial charge is 0.237 e. The Hall–Kier alpha value is -3.43. The van der Waals surface area contributed by atoms with Gasteiger partial charge >= 0.3 is 0 Å². The second kappa shape index (κ2) is 9.59. The zero-order valence-corrected chi connectivity index (χ0v) is 18.0. The number of hydrogen-bond donors (Lipinski definition) is 2. The highest BCUT2D eigenvalue weighted by atomic mass is 32.2. The quantitative estimate of drug-likeness (QED) is 0.397. The number of aromatic nitrogens is 3. The van der Waals surface area contributed by atoms with Crippen LogP contribution in [0.15, 0.2) is 77.3 Å². The Labute approximate surface area is 187 Å². The molecule has 31 heavy (non-hydrogen) atoms. The summed E-state index contributed by atoms with van der Waals surface area (Å²) in [4.78, 5) is 25.1. The summed E-state index contributed by atoms with van der Waals surface area (Å²) in [5.74, 6) is -0.00344. The number of nitrogens with two attached hydrogens (primary N) is 1. The summed E-state index contributed by atoms with van der Waals surface area (Å²) in [6.07, 6.45) is 0. The molecule has 2 heterocycles. The number of rotatable bonds is 8. The van der Waals surface area contributed by atoms with E-state index in [-0.39, 0.29) is 18.2 Å². The van der Waals surface area contributed by atoms with Gasteiger partial charge in [0.1, 0.15) is 6.54 Å². The van der Waals surface area contributed by atoms with Gasteiger partial charge in [-0.2, -0.15) is 0 Å². The number of carbonyl (C=O) groups excluding carboxylic acids is 2. The van der Waals surface area contributed by atoms with Crippen LogP contribution in [0.5, 0.6) is 0 Å². The van der Waals surface area contributed by atoms with Crippen LogP contribution in [0.25, 0.3) is 21.8 Å². The van der Waals surface area contributed by atoms with Crippen LogP contribution in [0.1, 0.15) is 0 Å². The fraction of sp³-hybridized carbons (Fsp3) is 0.0909. The lowest BCUT2D eigenvalue weighted by Gasteiger charge is -2.11. The highest BCUT2D eigenvalue weighted by Gasteiger charge is 2.18. The van der Waals surface area contributed by atoms with Crippen molar-refractivity contribution in [3.63, 3.8) is 0 Å². The van der Waals surface area contributed by atoms with Crippen LogP contribution < -0.4 is 11.1 Å². The van der Waals surface area contributed by atoms with Gasteiger partial charge in [-0.05, 0) is 23.1 Å². The number of nitrogens with zero attached hydrogens (tertiary/aromatic N) is 3.